The van der Waals surface area contributed by atoms with E-state index in [1.54, 1.807) is 43.3 Å². The molecule has 0 heterocycles. The Labute approximate surface area is 269 Å². The fourth-order valence-corrected chi connectivity index (χ4v) is 4.69. The number of carbonyl (C=O) groups excluding carboxylic acids is 2. The molecular formula is C32H27Cl4N3O4. The van der Waals surface area contributed by atoms with Crippen LogP contribution in [0.15, 0.2) is 96.1 Å². The van der Waals surface area contributed by atoms with Gasteiger partial charge in [-0.2, -0.15) is 5.10 Å². The Morgan fingerprint density at radius 1 is 0.791 bits per heavy atom. The van der Waals surface area contributed by atoms with E-state index in [-0.39, 0.29) is 18.1 Å². The summed E-state index contributed by atoms with van der Waals surface area (Å²) in [6.07, 6.45) is 0.747. The molecule has 4 rings (SSSR count). The van der Waals surface area contributed by atoms with Gasteiger partial charge in [-0.05, 0) is 60.5 Å². The van der Waals surface area contributed by atoms with Gasteiger partial charge in [0.25, 0.3) is 11.8 Å². The number of amides is 2. The van der Waals surface area contributed by atoms with Crippen molar-refractivity contribution in [3.05, 3.63) is 128 Å². The summed E-state index contributed by atoms with van der Waals surface area (Å²) >= 11 is 24.2. The summed E-state index contributed by atoms with van der Waals surface area (Å²) < 4.78 is 11.7. The van der Waals surface area contributed by atoms with Gasteiger partial charge in [-0.3, -0.25) is 9.59 Å². The molecule has 0 aliphatic rings. The molecule has 2 atom stereocenters. The van der Waals surface area contributed by atoms with Gasteiger partial charge < -0.3 is 14.8 Å². The summed E-state index contributed by atoms with van der Waals surface area (Å²) in [4.78, 5) is 26.3. The van der Waals surface area contributed by atoms with Crippen LogP contribution in [0.4, 0.5) is 0 Å². The van der Waals surface area contributed by atoms with E-state index in [1.807, 2.05) is 48.5 Å². The SMILES string of the molecule is C[C@@H](Oc1ccc(Cl)cc1Cl)C(=O)N[C@@H](Cc1ccccc1)C(=O)N/N=C\c1ccccc1OCc1ccc(Cl)c(Cl)c1. The topological polar surface area (TPSA) is 89.0 Å². The predicted molar refractivity (Wildman–Crippen MR) is 172 cm³/mol. The molecule has 7 nitrogen and oxygen atoms in total. The first kappa shape index (κ1) is 32.2. The van der Waals surface area contributed by atoms with Crippen LogP contribution < -0.4 is 20.2 Å². The first-order valence-corrected chi connectivity index (χ1v) is 14.7. The van der Waals surface area contributed by atoms with Crippen LogP contribution in [0.1, 0.15) is 23.6 Å². The van der Waals surface area contributed by atoms with Crippen molar-refractivity contribution in [3.8, 4) is 11.5 Å². The molecule has 0 aliphatic heterocycles. The number of hydrazone groups is 1. The van der Waals surface area contributed by atoms with Gasteiger partial charge in [-0.1, -0.05) is 94.9 Å². The molecule has 0 unspecified atom stereocenters. The second-order valence-corrected chi connectivity index (χ2v) is 11.1. The van der Waals surface area contributed by atoms with Crippen LogP contribution in [-0.2, 0) is 22.6 Å². The van der Waals surface area contributed by atoms with Crippen LogP contribution in [0.25, 0.3) is 0 Å². The number of nitrogens with zero attached hydrogens (tertiary/aromatic N) is 1. The normalized spacial score (nSPS) is 12.4. The molecule has 2 N–H and O–H groups in total. The number of carbonyl (C=O) groups is 2. The minimum absolute atomic E-state index is 0.228. The van der Waals surface area contributed by atoms with Crippen molar-refractivity contribution in [2.24, 2.45) is 5.10 Å². The maximum absolute atomic E-state index is 13.2. The molecule has 222 valence electrons. The zero-order chi connectivity index (χ0) is 30.8. The monoisotopic (exact) mass is 657 g/mol. The highest BCUT2D eigenvalue weighted by Gasteiger charge is 2.25. The Hall–Kier alpha value is -3.75. The Morgan fingerprint density at radius 2 is 1.53 bits per heavy atom. The quantitative estimate of drug-likeness (QED) is 0.122. The highest BCUT2D eigenvalue weighted by atomic mass is 35.5. The van der Waals surface area contributed by atoms with Gasteiger partial charge in [0.05, 0.1) is 21.3 Å². The first-order valence-electron chi connectivity index (χ1n) is 13.1. The predicted octanol–water partition coefficient (Wildman–Crippen LogP) is 7.52. The van der Waals surface area contributed by atoms with Crippen LogP contribution in [0.2, 0.25) is 20.1 Å². The van der Waals surface area contributed by atoms with E-state index >= 15 is 0 Å². The molecule has 2 amide bonds. The molecule has 4 aromatic rings. The average molecular weight is 659 g/mol. The Kier molecular flexibility index (Phi) is 11.7. The van der Waals surface area contributed by atoms with Crippen molar-refractivity contribution in [1.82, 2.24) is 10.7 Å². The van der Waals surface area contributed by atoms with Crippen LogP contribution in [0.3, 0.4) is 0 Å². The van der Waals surface area contributed by atoms with Crippen LogP contribution >= 0.6 is 46.4 Å². The first-order chi connectivity index (χ1) is 20.7. The Bertz CT molecular complexity index is 1600. The molecule has 4 aromatic carbocycles. The lowest BCUT2D eigenvalue weighted by Crippen LogP contribution is -2.50. The van der Waals surface area contributed by atoms with Gasteiger partial charge in [-0.15, -0.1) is 0 Å². The third-order valence-corrected chi connectivity index (χ3v) is 7.43. The number of hydrogen-bond acceptors (Lipinski definition) is 5. The van der Waals surface area contributed by atoms with Gasteiger partial charge in [0.2, 0.25) is 0 Å². The Morgan fingerprint density at radius 3 is 2.28 bits per heavy atom. The minimum atomic E-state index is -0.951. The molecule has 11 heteroatoms. The van der Waals surface area contributed by atoms with Crippen LogP contribution in [-0.4, -0.2) is 30.2 Å². The van der Waals surface area contributed by atoms with Crippen LogP contribution in [0, 0.1) is 0 Å². The molecule has 0 aromatic heterocycles. The van der Waals surface area contributed by atoms with E-state index in [9.17, 15) is 9.59 Å². The maximum Gasteiger partial charge on any atom is 0.262 e. The second kappa shape index (κ2) is 15.6. The van der Waals surface area contributed by atoms with E-state index < -0.39 is 24.0 Å². The third-order valence-electron chi connectivity index (χ3n) is 6.16. The van der Waals surface area contributed by atoms with Gasteiger partial charge in [-0.25, -0.2) is 5.43 Å². The van der Waals surface area contributed by atoms with Crippen molar-refractivity contribution >= 4 is 64.4 Å². The summed E-state index contributed by atoms with van der Waals surface area (Å²) in [6, 6.07) is 25.5. The third kappa shape index (κ3) is 9.63. The number of rotatable bonds is 12. The fraction of sp³-hybridized carbons (Fsp3) is 0.156. The highest BCUT2D eigenvalue weighted by molar-refractivity contribution is 6.42. The number of nitrogens with one attached hydrogen (secondary N) is 2. The van der Waals surface area contributed by atoms with Gasteiger partial charge in [0.15, 0.2) is 6.10 Å². The van der Waals surface area contributed by atoms with E-state index in [4.69, 9.17) is 55.9 Å². The zero-order valence-corrected chi connectivity index (χ0v) is 25.9. The number of halogens is 4. The molecule has 0 saturated heterocycles. The Balaban J connectivity index is 1.42. The van der Waals surface area contributed by atoms with E-state index in [0.29, 0.717) is 32.1 Å². The van der Waals surface area contributed by atoms with E-state index in [2.05, 4.69) is 15.8 Å². The van der Waals surface area contributed by atoms with Gasteiger partial charge >= 0.3 is 0 Å². The number of benzene rings is 4. The molecule has 0 saturated carbocycles. The van der Waals surface area contributed by atoms with Gasteiger partial charge in [0.1, 0.15) is 24.1 Å². The zero-order valence-electron chi connectivity index (χ0n) is 22.9. The minimum Gasteiger partial charge on any atom is -0.488 e. The smallest absolute Gasteiger partial charge is 0.262 e. The molecule has 0 fully saturated rings. The largest absolute Gasteiger partial charge is 0.488 e. The lowest BCUT2D eigenvalue weighted by atomic mass is 10.1. The average Bonchev–Trinajstić information content (AvgIpc) is 2.99. The van der Waals surface area contributed by atoms with Crippen molar-refractivity contribution in [2.75, 3.05) is 0 Å². The lowest BCUT2D eigenvalue weighted by molar-refractivity contribution is -0.132. The van der Waals surface area contributed by atoms with Crippen molar-refractivity contribution < 1.29 is 19.1 Å². The molecule has 0 aliphatic carbocycles. The summed E-state index contributed by atoms with van der Waals surface area (Å²) in [5.41, 5.74) is 4.85. The lowest BCUT2D eigenvalue weighted by Gasteiger charge is -2.21. The molecule has 0 bridgehead atoms. The number of hydrogen-bond donors (Lipinski definition) is 2. The summed E-state index contributed by atoms with van der Waals surface area (Å²) in [6.45, 7) is 1.81. The second-order valence-electron chi connectivity index (χ2n) is 9.39. The fourth-order valence-electron chi connectivity index (χ4n) is 3.92. The van der Waals surface area contributed by atoms with Crippen molar-refractivity contribution in [1.29, 1.82) is 0 Å². The number of ether oxygens (including phenoxy) is 2. The van der Waals surface area contributed by atoms with E-state index in [0.717, 1.165) is 11.1 Å². The molecule has 0 spiro atoms. The van der Waals surface area contributed by atoms with Gasteiger partial charge in [0, 0.05) is 17.0 Å². The highest BCUT2D eigenvalue weighted by Crippen LogP contribution is 2.28. The van der Waals surface area contributed by atoms with Crippen molar-refractivity contribution in [2.45, 2.75) is 32.1 Å². The maximum atomic E-state index is 13.2. The summed E-state index contributed by atoms with van der Waals surface area (Å²) in [5.74, 6) is -0.179. The van der Waals surface area contributed by atoms with Crippen molar-refractivity contribution in [3.63, 3.8) is 0 Å². The molecule has 43 heavy (non-hydrogen) atoms. The molecular weight excluding hydrogens is 632 g/mol. The summed E-state index contributed by atoms with van der Waals surface area (Å²) in [5, 5.41) is 8.49. The van der Waals surface area contributed by atoms with Crippen LogP contribution in [0.5, 0.6) is 11.5 Å². The standard InChI is InChI=1S/C32H27Cl4N3O4/c1-20(43-30-14-12-24(33)17-27(30)36)31(40)38-28(16-21-7-3-2-4-8-21)32(41)39-37-18-23-9-5-6-10-29(23)42-19-22-11-13-25(34)26(35)15-22/h2-15,17-18,20,28H,16,19H2,1H3,(H,38,40)(H,39,41)/b37-18-/t20-,28+/m1/s1. The molecule has 0 radical (unpaired) electrons. The number of para-hydroxylation sites is 1. The van der Waals surface area contributed by atoms with E-state index in [1.165, 1.54) is 12.3 Å². The summed E-state index contributed by atoms with van der Waals surface area (Å²) in [7, 11) is 0.